The molecule has 0 atom stereocenters. The lowest BCUT2D eigenvalue weighted by molar-refractivity contribution is 0.0383. The zero-order valence-electron chi connectivity index (χ0n) is 13.1. The molecule has 1 aliphatic rings. The molecular formula is C16H20N4O3. The normalized spacial score (nSPS) is 15.7. The van der Waals surface area contributed by atoms with Crippen LogP contribution in [0, 0.1) is 6.92 Å². The lowest BCUT2D eigenvalue weighted by Crippen LogP contribution is -2.41. The Morgan fingerprint density at radius 3 is 2.96 bits per heavy atom. The van der Waals surface area contributed by atoms with E-state index in [1.807, 2.05) is 6.92 Å². The summed E-state index contributed by atoms with van der Waals surface area (Å²) in [6.45, 7) is 6.30. The summed E-state index contributed by atoms with van der Waals surface area (Å²) in [5.74, 6) is -0.359. The van der Waals surface area contributed by atoms with Gasteiger partial charge in [-0.15, -0.1) is 0 Å². The van der Waals surface area contributed by atoms with Crippen molar-refractivity contribution in [3.8, 4) is 0 Å². The zero-order valence-corrected chi connectivity index (χ0v) is 13.1. The van der Waals surface area contributed by atoms with E-state index >= 15 is 0 Å². The van der Waals surface area contributed by atoms with Gasteiger partial charge in [0.15, 0.2) is 0 Å². The number of morpholine rings is 1. The molecule has 0 aromatic carbocycles. The molecule has 23 heavy (non-hydrogen) atoms. The highest BCUT2D eigenvalue weighted by atomic mass is 16.5. The van der Waals surface area contributed by atoms with E-state index in [1.54, 1.807) is 12.1 Å². The average molecular weight is 316 g/mol. The van der Waals surface area contributed by atoms with Crippen molar-refractivity contribution >= 4 is 16.9 Å². The van der Waals surface area contributed by atoms with Gasteiger partial charge in [-0.3, -0.25) is 14.5 Å². The Labute approximate surface area is 133 Å². The number of carbonyl (C=O) groups is 1. The maximum Gasteiger partial charge on any atom is 0.256 e. The number of aryl methyl sites for hydroxylation is 1. The molecule has 2 aromatic rings. The molecule has 2 N–H and O–H groups in total. The van der Waals surface area contributed by atoms with Crippen LogP contribution < -0.4 is 10.7 Å². The Kier molecular flexibility index (Phi) is 4.68. The Hall–Kier alpha value is -2.25. The minimum absolute atomic E-state index is 0.116. The van der Waals surface area contributed by atoms with Crippen molar-refractivity contribution in [2.24, 2.45) is 0 Å². The first-order valence-electron chi connectivity index (χ1n) is 7.72. The summed E-state index contributed by atoms with van der Waals surface area (Å²) >= 11 is 0. The molecule has 0 saturated carbocycles. The van der Waals surface area contributed by atoms with Crippen molar-refractivity contribution in [2.75, 3.05) is 39.4 Å². The van der Waals surface area contributed by atoms with Crippen LogP contribution in [0.25, 0.3) is 11.0 Å². The average Bonchev–Trinajstić information content (AvgIpc) is 2.56. The molecule has 2 aromatic heterocycles. The summed E-state index contributed by atoms with van der Waals surface area (Å²) in [6, 6.07) is 3.46. The van der Waals surface area contributed by atoms with Crippen LogP contribution in [0.1, 0.15) is 16.1 Å². The van der Waals surface area contributed by atoms with Crippen LogP contribution in [-0.4, -0.2) is 60.2 Å². The Balaban J connectivity index is 1.67. The molecule has 0 radical (unpaired) electrons. The van der Waals surface area contributed by atoms with Gasteiger partial charge in [0, 0.05) is 38.1 Å². The van der Waals surface area contributed by atoms with Gasteiger partial charge in [-0.05, 0) is 19.1 Å². The molecule has 0 aliphatic carbocycles. The lowest BCUT2D eigenvalue weighted by Gasteiger charge is -2.26. The predicted molar refractivity (Wildman–Crippen MR) is 86.7 cm³/mol. The van der Waals surface area contributed by atoms with E-state index < -0.39 is 0 Å². The van der Waals surface area contributed by atoms with Gasteiger partial charge in [0.05, 0.1) is 18.6 Å². The second-order valence-electron chi connectivity index (χ2n) is 5.59. The number of hydrogen-bond donors (Lipinski definition) is 2. The van der Waals surface area contributed by atoms with Gasteiger partial charge in [-0.1, -0.05) is 0 Å². The largest absolute Gasteiger partial charge is 0.379 e. The molecule has 1 fully saturated rings. The van der Waals surface area contributed by atoms with Crippen LogP contribution in [-0.2, 0) is 4.74 Å². The molecular weight excluding hydrogens is 296 g/mol. The Bertz CT molecular complexity index is 765. The predicted octanol–water partition coefficient (Wildman–Crippen LogP) is 0.294. The highest BCUT2D eigenvalue weighted by Gasteiger charge is 2.14. The third-order valence-corrected chi connectivity index (χ3v) is 3.94. The number of nitrogens with one attached hydrogen (secondary N) is 2. The fourth-order valence-corrected chi connectivity index (χ4v) is 2.62. The van der Waals surface area contributed by atoms with Crippen molar-refractivity contribution in [3.63, 3.8) is 0 Å². The topological polar surface area (TPSA) is 87.3 Å². The zero-order chi connectivity index (χ0) is 16.2. The van der Waals surface area contributed by atoms with Crippen LogP contribution in [0.4, 0.5) is 0 Å². The van der Waals surface area contributed by atoms with Crippen LogP contribution >= 0.6 is 0 Å². The van der Waals surface area contributed by atoms with E-state index in [1.165, 1.54) is 6.20 Å². The summed E-state index contributed by atoms with van der Waals surface area (Å²) in [7, 11) is 0. The summed E-state index contributed by atoms with van der Waals surface area (Å²) in [4.78, 5) is 34.0. The molecule has 122 valence electrons. The van der Waals surface area contributed by atoms with Crippen molar-refractivity contribution in [1.82, 2.24) is 20.2 Å². The minimum atomic E-state index is -0.359. The number of aromatic amines is 1. The van der Waals surface area contributed by atoms with Gasteiger partial charge >= 0.3 is 0 Å². The number of nitrogens with zero attached hydrogens (tertiary/aromatic N) is 2. The fraction of sp³-hybridized carbons (Fsp3) is 0.438. The lowest BCUT2D eigenvalue weighted by atomic mass is 10.2. The number of pyridine rings is 2. The number of amides is 1. The number of rotatable bonds is 4. The van der Waals surface area contributed by atoms with E-state index in [4.69, 9.17) is 4.74 Å². The number of ether oxygens (including phenoxy) is 1. The van der Waals surface area contributed by atoms with Crippen molar-refractivity contribution < 1.29 is 9.53 Å². The van der Waals surface area contributed by atoms with Crippen LogP contribution in [0.15, 0.2) is 23.1 Å². The minimum Gasteiger partial charge on any atom is -0.379 e. The molecule has 1 aliphatic heterocycles. The smallest absolute Gasteiger partial charge is 0.256 e. The molecule has 7 nitrogen and oxygen atoms in total. The van der Waals surface area contributed by atoms with E-state index in [-0.39, 0.29) is 16.9 Å². The highest BCUT2D eigenvalue weighted by Crippen LogP contribution is 2.06. The summed E-state index contributed by atoms with van der Waals surface area (Å²) < 4.78 is 5.28. The molecule has 0 bridgehead atoms. The summed E-state index contributed by atoms with van der Waals surface area (Å²) in [6.07, 6.45) is 1.43. The number of aromatic nitrogens is 2. The van der Waals surface area contributed by atoms with Crippen LogP contribution in [0.5, 0.6) is 0 Å². The van der Waals surface area contributed by atoms with Crippen molar-refractivity contribution in [2.45, 2.75) is 6.92 Å². The Morgan fingerprint density at radius 1 is 1.39 bits per heavy atom. The van der Waals surface area contributed by atoms with Crippen molar-refractivity contribution in [3.05, 3.63) is 39.8 Å². The van der Waals surface area contributed by atoms with Gasteiger partial charge in [0.25, 0.3) is 5.91 Å². The first kappa shape index (κ1) is 15.6. The van der Waals surface area contributed by atoms with E-state index in [0.717, 1.165) is 38.5 Å². The maximum absolute atomic E-state index is 12.4. The van der Waals surface area contributed by atoms with Gasteiger partial charge in [0.2, 0.25) is 5.43 Å². The van der Waals surface area contributed by atoms with Gasteiger partial charge < -0.3 is 15.0 Å². The molecule has 3 rings (SSSR count). The highest BCUT2D eigenvalue weighted by molar-refractivity contribution is 5.96. The quantitative estimate of drug-likeness (QED) is 0.847. The third-order valence-electron chi connectivity index (χ3n) is 3.94. The molecule has 0 unspecified atom stereocenters. The number of carbonyl (C=O) groups excluding carboxylic acids is 1. The maximum atomic E-state index is 12.4. The first-order valence-corrected chi connectivity index (χ1v) is 7.72. The monoisotopic (exact) mass is 316 g/mol. The second kappa shape index (κ2) is 6.89. The Morgan fingerprint density at radius 2 is 2.17 bits per heavy atom. The third kappa shape index (κ3) is 3.57. The van der Waals surface area contributed by atoms with Gasteiger partial charge in [-0.25, -0.2) is 4.98 Å². The SMILES string of the molecule is Cc1ccc2c(=O)c(C(=O)NCCN3CCOCC3)c[nH]c2n1. The standard InChI is InChI=1S/C16H20N4O3/c1-11-2-3-12-14(21)13(10-18-15(12)19-11)16(22)17-4-5-20-6-8-23-9-7-20/h2-3,10H,4-9H2,1H3,(H,17,22)(H,18,19,21). The molecule has 7 heteroatoms. The van der Waals surface area contributed by atoms with Gasteiger partial charge in [0.1, 0.15) is 11.2 Å². The van der Waals surface area contributed by atoms with E-state index in [0.29, 0.717) is 17.6 Å². The van der Waals surface area contributed by atoms with Gasteiger partial charge in [-0.2, -0.15) is 0 Å². The number of H-pyrrole nitrogens is 1. The fourth-order valence-electron chi connectivity index (χ4n) is 2.62. The molecule has 1 saturated heterocycles. The molecule has 0 spiro atoms. The van der Waals surface area contributed by atoms with Crippen LogP contribution in [0.3, 0.4) is 0 Å². The number of hydrogen-bond acceptors (Lipinski definition) is 5. The number of fused-ring (bicyclic) bond motifs is 1. The summed E-state index contributed by atoms with van der Waals surface area (Å²) in [5.41, 5.74) is 1.14. The van der Waals surface area contributed by atoms with Crippen LogP contribution in [0.2, 0.25) is 0 Å². The van der Waals surface area contributed by atoms with Crippen molar-refractivity contribution in [1.29, 1.82) is 0 Å². The van der Waals surface area contributed by atoms with E-state index in [9.17, 15) is 9.59 Å². The first-order chi connectivity index (χ1) is 11.1. The van der Waals surface area contributed by atoms with E-state index in [2.05, 4.69) is 20.2 Å². The summed E-state index contributed by atoms with van der Waals surface area (Å²) in [5, 5.41) is 3.23. The molecule has 3 heterocycles. The molecule has 1 amide bonds. The second-order valence-corrected chi connectivity index (χ2v) is 5.59.